The third-order valence-electron chi connectivity index (χ3n) is 2.67. The molecular formula is C12H19NO2. The quantitative estimate of drug-likeness (QED) is 0.792. The number of aliphatic hydroxyl groups is 1. The first kappa shape index (κ1) is 12.0. The average Bonchev–Trinajstić information content (AvgIpc) is 2.26. The Labute approximate surface area is 90.9 Å². The van der Waals surface area contributed by atoms with Gasteiger partial charge in [-0.15, -0.1) is 0 Å². The summed E-state index contributed by atoms with van der Waals surface area (Å²) in [6.07, 6.45) is -0.500. The highest BCUT2D eigenvalue weighted by molar-refractivity contribution is 5.37. The van der Waals surface area contributed by atoms with Crippen LogP contribution in [0.3, 0.4) is 0 Å². The first-order valence-electron chi connectivity index (χ1n) is 5.12. The summed E-state index contributed by atoms with van der Waals surface area (Å²) in [5.74, 6) is 0.907. The lowest BCUT2D eigenvalue weighted by atomic mass is 9.96. The van der Waals surface area contributed by atoms with Gasteiger partial charge in [0.2, 0.25) is 0 Å². The van der Waals surface area contributed by atoms with Gasteiger partial charge in [0.05, 0.1) is 13.2 Å². The molecule has 0 aromatic heterocycles. The van der Waals surface area contributed by atoms with Crippen molar-refractivity contribution in [3.05, 3.63) is 29.3 Å². The highest BCUT2D eigenvalue weighted by Gasteiger charge is 2.15. The Kier molecular flexibility index (Phi) is 4.12. The number of ether oxygens (including phenoxy) is 1. The average molecular weight is 209 g/mol. The van der Waals surface area contributed by atoms with Gasteiger partial charge in [-0.05, 0) is 42.6 Å². The van der Waals surface area contributed by atoms with E-state index in [1.54, 1.807) is 7.11 Å². The Hall–Kier alpha value is -1.06. The molecule has 0 saturated carbocycles. The van der Waals surface area contributed by atoms with Crippen LogP contribution in [-0.2, 0) is 0 Å². The van der Waals surface area contributed by atoms with E-state index < -0.39 is 6.10 Å². The minimum absolute atomic E-state index is 0.0674. The van der Waals surface area contributed by atoms with Gasteiger partial charge in [0.25, 0.3) is 0 Å². The van der Waals surface area contributed by atoms with Crippen molar-refractivity contribution in [2.24, 2.45) is 11.7 Å². The molecule has 0 fully saturated rings. The lowest BCUT2D eigenvalue weighted by Gasteiger charge is -2.18. The first-order chi connectivity index (χ1) is 7.10. The molecule has 0 spiro atoms. The van der Waals surface area contributed by atoms with Gasteiger partial charge in [-0.25, -0.2) is 0 Å². The van der Waals surface area contributed by atoms with Crippen molar-refractivity contribution in [3.63, 3.8) is 0 Å². The monoisotopic (exact) mass is 209 g/mol. The van der Waals surface area contributed by atoms with Crippen LogP contribution in [0.25, 0.3) is 0 Å². The fourth-order valence-electron chi connectivity index (χ4n) is 1.54. The molecule has 0 heterocycles. The van der Waals surface area contributed by atoms with Crippen LogP contribution in [0.1, 0.15) is 24.2 Å². The van der Waals surface area contributed by atoms with Gasteiger partial charge in [-0.1, -0.05) is 13.0 Å². The van der Waals surface area contributed by atoms with E-state index in [4.69, 9.17) is 10.5 Å². The smallest absolute Gasteiger partial charge is 0.121 e. The Balaban J connectivity index is 2.92. The molecule has 84 valence electrons. The number of aliphatic hydroxyl groups excluding tert-OH is 1. The normalized spacial score (nSPS) is 14.7. The van der Waals surface area contributed by atoms with E-state index in [1.807, 2.05) is 32.0 Å². The van der Waals surface area contributed by atoms with Crippen LogP contribution < -0.4 is 10.5 Å². The zero-order valence-corrected chi connectivity index (χ0v) is 9.53. The van der Waals surface area contributed by atoms with Crippen molar-refractivity contribution < 1.29 is 9.84 Å². The van der Waals surface area contributed by atoms with Crippen LogP contribution in [0, 0.1) is 12.8 Å². The number of methoxy groups -OCH3 is 1. The summed E-state index contributed by atoms with van der Waals surface area (Å²) >= 11 is 0. The van der Waals surface area contributed by atoms with Gasteiger partial charge in [0.1, 0.15) is 5.75 Å². The summed E-state index contributed by atoms with van der Waals surface area (Å²) in [5.41, 5.74) is 7.44. The van der Waals surface area contributed by atoms with Crippen molar-refractivity contribution in [2.75, 3.05) is 13.7 Å². The van der Waals surface area contributed by atoms with E-state index >= 15 is 0 Å². The Bertz CT molecular complexity index is 325. The van der Waals surface area contributed by atoms with E-state index in [2.05, 4.69) is 0 Å². The summed E-state index contributed by atoms with van der Waals surface area (Å²) in [4.78, 5) is 0. The summed E-state index contributed by atoms with van der Waals surface area (Å²) in [5, 5.41) is 9.96. The topological polar surface area (TPSA) is 55.5 Å². The third-order valence-corrected chi connectivity index (χ3v) is 2.67. The molecule has 1 aromatic rings. The molecule has 0 saturated heterocycles. The molecule has 0 amide bonds. The molecule has 2 unspecified atom stereocenters. The van der Waals surface area contributed by atoms with Crippen LogP contribution in [0.2, 0.25) is 0 Å². The minimum atomic E-state index is -0.500. The molecule has 3 N–H and O–H groups in total. The first-order valence-corrected chi connectivity index (χ1v) is 5.12. The lowest BCUT2D eigenvalue weighted by molar-refractivity contribution is 0.121. The SMILES string of the molecule is COc1ccc(C(O)C(C)CN)cc1C. The molecular weight excluding hydrogens is 190 g/mol. The largest absolute Gasteiger partial charge is 0.496 e. The van der Waals surface area contributed by atoms with Crippen molar-refractivity contribution in [2.45, 2.75) is 20.0 Å². The van der Waals surface area contributed by atoms with Crippen molar-refractivity contribution >= 4 is 0 Å². The van der Waals surface area contributed by atoms with Gasteiger partial charge in [0, 0.05) is 0 Å². The Morgan fingerprint density at radius 1 is 1.47 bits per heavy atom. The lowest BCUT2D eigenvalue weighted by Crippen LogP contribution is -2.18. The molecule has 3 heteroatoms. The number of aryl methyl sites for hydroxylation is 1. The molecule has 2 atom stereocenters. The second kappa shape index (κ2) is 5.14. The Morgan fingerprint density at radius 2 is 2.13 bits per heavy atom. The summed E-state index contributed by atoms with van der Waals surface area (Å²) in [6, 6.07) is 5.69. The van der Waals surface area contributed by atoms with Gasteiger partial charge in [-0.2, -0.15) is 0 Å². The minimum Gasteiger partial charge on any atom is -0.496 e. The number of rotatable bonds is 4. The predicted molar refractivity (Wildman–Crippen MR) is 60.9 cm³/mol. The maximum Gasteiger partial charge on any atom is 0.121 e. The van der Waals surface area contributed by atoms with Gasteiger partial charge < -0.3 is 15.6 Å². The maximum absolute atomic E-state index is 9.96. The van der Waals surface area contributed by atoms with Crippen LogP contribution in [-0.4, -0.2) is 18.8 Å². The molecule has 0 aliphatic carbocycles. The fraction of sp³-hybridized carbons (Fsp3) is 0.500. The molecule has 15 heavy (non-hydrogen) atoms. The van der Waals surface area contributed by atoms with Crippen molar-refractivity contribution in [1.29, 1.82) is 0 Å². The van der Waals surface area contributed by atoms with Crippen LogP contribution >= 0.6 is 0 Å². The third kappa shape index (κ3) is 2.70. The van der Waals surface area contributed by atoms with E-state index in [9.17, 15) is 5.11 Å². The molecule has 1 aromatic carbocycles. The van der Waals surface area contributed by atoms with Gasteiger partial charge in [0.15, 0.2) is 0 Å². The Morgan fingerprint density at radius 3 is 2.60 bits per heavy atom. The summed E-state index contributed by atoms with van der Waals surface area (Å²) < 4.78 is 5.16. The second-order valence-electron chi connectivity index (χ2n) is 3.89. The molecule has 0 bridgehead atoms. The standard InChI is InChI=1S/C12H19NO2/c1-8-6-10(4-5-11(8)15-3)12(14)9(2)7-13/h4-6,9,12,14H,7,13H2,1-3H3. The molecule has 0 aliphatic heterocycles. The fourth-order valence-corrected chi connectivity index (χ4v) is 1.54. The van der Waals surface area contributed by atoms with Crippen LogP contribution in [0.4, 0.5) is 0 Å². The molecule has 3 nitrogen and oxygen atoms in total. The van der Waals surface area contributed by atoms with Crippen molar-refractivity contribution in [3.8, 4) is 5.75 Å². The van der Waals surface area contributed by atoms with E-state index in [0.717, 1.165) is 16.9 Å². The van der Waals surface area contributed by atoms with E-state index in [0.29, 0.717) is 6.54 Å². The predicted octanol–water partition coefficient (Wildman–Crippen LogP) is 1.63. The summed E-state index contributed by atoms with van der Waals surface area (Å²) in [6.45, 7) is 4.37. The van der Waals surface area contributed by atoms with Crippen LogP contribution in [0.15, 0.2) is 18.2 Å². The zero-order valence-electron chi connectivity index (χ0n) is 9.53. The number of nitrogens with two attached hydrogens (primary N) is 1. The molecule has 0 aliphatic rings. The number of benzene rings is 1. The number of hydrogen-bond donors (Lipinski definition) is 2. The van der Waals surface area contributed by atoms with Crippen molar-refractivity contribution in [1.82, 2.24) is 0 Å². The van der Waals surface area contributed by atoms with Gasteiger partial charge in [-0.3, -0.25) is 0 Å². The maximum atomic E-state index is 9.96. The highest BCUT2D eigenvalue weighted by Crippen LogP contribution is 2.26. The number of hydrogen-bond acceptors (Lipinski definition) is 3. The van der Waals surface area contributed by atoms with E-state index in [-0.39, 0.29) is 5.92 Å². The van der Waals surface area contributed by atoms with E-state index in [1.165, 1.54) is 0 Å². The van der Waals surface area contributed by atoms with Gasteiger partial charge >= 0.3 is 0 Å². The second-order valence-corrected chi connectivity index (χ2v) is 3.89. The van der Waals surface area contributed by atoms with Crippen LogP contribution in [0.5, 0.6) is 5.75 Å². The summed E-state index contributed by atoms with van der Waals surface area (Å²) in [7, 11) is 1.64. The zero-order chi connectivity index (χ0) is 11.4. The molecule has 1 rings (SSSR count). The highest BCUT2D eigenvalue weighted by atomic mass is 16.5. The molecule has 0 radical (unpaired) electrons.